The summed E-state index contributed by atoms with van der Waals surface area (Å²) in [6, 6.07) is 12.7. The molecule has 102 valence electrons. The molecule has 1 aromatic heterocycles. The minimum Gasteiger partial charge on any atom is -0.245 e. The molecule has 0 N–H and O–H groups in total. The number of rotatable bonds is 4. The van der Waals surface area contributed by atoms with Crippen LogP contribution in [0.2, 0.25) is 0 Å². The second kappa shape index (κ2) is 6.58. The third-order valence-corrected chi connectivity index (χ3v) is 4.31. The Labute approximate surface area is 124 Å². The first kappa shape index (κ1) is 14.6. The summed E-state index contributed by atoms with van der Waals surface area (Å²) < 4.78 is 0. The van der Waals surface area contributed by atoms with Crippen molar-refractivity contribution < 1.29 is 0 Å². The molecule has 0 saturated heterocycles. The van der Waals surface area contributed by atoms with Gasteiger partial charge in [0.2, 0.25) is 0 Å². The normalized spacial score (nSPS) is 10.3. The van der Waals surface area contributed by atoms with E-state index in [9.17, 15) is 5.26 Å². The smallest absolute Gasteiger partial charge is 0.115 e. The van der Waals surface area contributed by atoms with Crippen LogP contribution >= 0.6 is 11.8 Å². The zero-order chi connectivity index (χ0) is 14.5. The number of aromatic nitrogens is 1. The van der Waals surface area contributed by atoms with E-state index >= 15 is 0 Å². The second-order valence-corrected chi connectivity index (χ2v) is 5.75. The average molecular weight is 282 g/mol. The van der Waals surface area contributed by atoms with Crippen molar-refractivity contribution in [1.82, 2.24) is 4.98 Å². The summed E-state index contributed by atoms with van der Waals surface area (Å²) in [4.78, 5) is 4.52. The van der Waals surface area contributed by atoms with Crippen LogP contribution in [0.5, 0.6) is 0 Å². The molecule has 3 heteroatoms. The molecule has 0 aliphatic rings. The molecule has 0 unspecified atom stereocenters. The zero-order valence-corrected chi connectivity index (χ0v) is 12.9. The summed E-state index contributed by atoms with van der Waals surface area (Å²) in [5.41, 5.74) is 5.36. The van der Waals surface area contributed by atoms with Crippen LogP contribution in [0.1, 0.15) is 34.9 Å². The van der Waals surface area contributed by atoms with Gasteiger partial charge in [-0.15, -0.1) is 11.8 Å². The fraction of sp³-hybridized carbons (Fsp3) is 0.294. The summed E-state index contributed by atoms with van der Waals surface area (Å²) in [6.45, 7) is 6.11. The molecule has 20 heavy (non-hydrogen) atoms. The number of nitrogens with zero attached hydrogens (tertiary/aromatic N) is 2. The van der Waals surface area contributed by atoms with E-state index < -0.39 is 0 Å². The maximum atomic E-state index is 9.28. The first-order chi connectivity index (χ1) is 9.65. The van der Waals surface area contributed by atoms with Gasteiger partial charge in [0.1, 0.15) is 11.1 Å². The molecule has 0 aliphatic heterocycles. The topological polar surface area (TPSA) is 36.7 Å². The van der Waals surface area contributed by atoms with Crippen LogP contribution in [0.25, 0.3) is 0 Å². The van der Waals surface area contributed by atoms with Crippen molar-refractivity contribution in [3.05, 3.63) is 58.3 Å². The summed E-state index contributed by atoms with van der Waals surface area (Å²) in [5, 5.41) is 10.1. The van der Waals surface area contributed by atoms with Crippen LogP contribution in [-0.4, -0.2) is 4.98 Å². The predicted octanol–water partition coefficient (Wildman–Crippen LogP) is 4.42. The molecule has 0 bridgehead atoms. The summed E-state index contributed by atoms with van der Waals surface area (Å²) >= 11 is 1.65. The number of aryl methyl sites for hydroxylation is 3. The molecule has 2 rings (SSSR count). The SMILES string of the molecule is CCc1ccccc1CSc1nc(C)cc(C)c1C#N. The second-order valence-electron chi connectivity index (χ2n) is 4.78. The Morgan fingerprint density at radius 3 is 2.55 bits per heavy atom. The van der Waals surface area contributed by atoms with Crippen molar-refractivity contribution in [3.8, 4) is 6.07 Å². The van der Waals surface area contributed by atoms with Gasteiger partial charge in [0.05, 0.1) is 5.56 Å². The molecule has 0 radical (unpaired) electrons. The van der Waals surface area contributed by atoms with E-state index in [1.54, 1.807) is 11.8 Å². The van der Waals surface area contributed by atoms with Crippen molar-refractivity contribution >= 4 is 11.8 Å². The molecule has 0 saturated carbocycles. The third-order valence-electron chi connectivity index (χ3n) is 3.29. The number of hydrogen-bond acceptors (Lipinski definition) is 3. The maximum absolute atomic E-state index is 9.28. The van der Waals surface area contributed by atoms with Gasteiger partial charge in [-0.25, -0.2) is 4.98 Å². The third kappa shape index (κ3) is 3.20. The Hall–Kier alpha value is -1.79. The van der Waals surface area contributed by atoms with E-state index in [0.29, 0.717) is 5.56 Å². The molecule has 1 aromatic carbocycles. The van der Waals surface area contributed by atoms with Crippen molar-refractivity contribution in [2.75, 3.05) is 0 Å². The van der Waals surface area contributed by atoms with Gasteiger partial charge in [-0.3, -0.25) is 0 Å². The lowest BCUT2D eigenvalue weighted by Crippen LogP contribution is -1.96. The maximum Gasteiger partial charge on any atom is 0.115 e. The fourth-order valence-corrected chi connectivity index (χ4v) is 3.37. The number of hydrogen-bond donors (Lipinski definition) is 0. The van der Waals surface area contributed by atoms with Crippen LogP contribution in [0.4, 0.5) is 0 Å². The van der Waals surface area contributed by atoms with Crippen LogP contribution in [0.15, 0.2) is 35.4 Å². The Balaban J connectivity index is 2.25. The summed E-state index contributed by atoms with van der Waals surface area (Å²) in [7, 11) is 0. The number of nitriles is 1. The van der Waals surface area contributed by atoms with Gasteiger partial charge < -0.3 is 0 Å². The first-order valence-corrected chi connectivity index (χ1v) is 7.72. The highest BCUT2D eigenvalue weighted by molar-refractivity contribution is 7.98. The van der Waals surface area contributed by atoms with Crippen LogP contribution < -0.4 is 0 Å². The minimum absolute atomic E-state index is 0.703. The van der Waals surface area contributed by atoms with E-state index in [0.717, 1.165) is 28.5 Å². The van der Waals surface area contributed by atoms with Crippen molar-refractivity contribution in [3.63, 3.8) is 0 Å². The largest absolute Gasteiger partial charge is 0.245 e. The van der Waals surface area contributed by atoms with Crippen LogP contribution in [0.3, 0.4) is 0 Å². The van der Waals surface area contributed by atoms with E-state index in [1.165, 1.54) is 11.1 Å². The molecular weight excluding hydrogens is 264 g/mol. The van der Waals surface area contributed by atoms with Gasteiger partial charge in [0, 0.05) is 11.4 Å². The Morgan fingerprint density at radius 1 is 1.20 bits per heavy atom. The highest BCUT2D eigenvalue weighted by Crippen LogP contribution is 2.27. The molecule has 2 aromatic rings. The van der Waals surface area contributed by atoms with Gasteiger partial charge >= 0.3 is 0 Å². The lowest BCUT2D eigenvalue weighted by atomic mass is 10.1. The van der Waals surface area contributed by atoms with Gasteiger partial charge in [-0.05, 0) is 43.0 Å². The first-order valence-electron chi connectivity index (χ1n) is 6.73. The molecule has 0 spiro atoms. The molecular formula is C17H18N2S. The monoisotopic (exact) mass is 282 g/mol. The van der Waals surface area contributed by atoms with Crippen molar-refractivity contribution in [1.29, 1.82) is 5.26 Å². The number of pyridine rings is 1. The molecule has 1 heterocycles. The molecule has 2 nitrogen and oxygen atoms in total. The Kier molecular flexibility index (Phi) is 4.81. The predicted molar refractivity (Wildman–Crippen MR) is 83.8 cm³/mol. The molecule has 0 fully saturated rings. The highest BCUT2D eigenvalue weighted by atomic mass is 32.2. The molecule has 0 atom stereocenters. The van der Waals surface area contributed by atoms with Gasteiger partial charge in [-0.2, -0.15) is 5.26 Å². The van der Waals surface area contributed by atoms with Gasteiger partial charge in [0.25, 0.3) is 0 Å². The quantitative estimate of drug-likeness (QED) is 0.779. The van der Waals surface area contributed by atoms with Crippen molar-refractivity contribution in [2.24, 2.45) is 0 Å². The Bertz CT molecular complexity index is 657. The molecule has 0 amide bonds. The summed E-state index contributed by atoms with van der Waals surface area (Å²) in [5.74, 6) is 0.856. The van der Waals surface area contributed by atoms with Crippen LogP contribution in [-0.2, 0) is 12.2 Å². The lowest BCUT2D eigenvalue weighted by molar-refractivity contribution is 1.03. The number of benzene rings is 1. The van der Waals surface area contributed by atoms with E-state index in [-0.39, 0.29) is 0 Å². The lowest BCUT2D eigenvalue weighted by Gasteiger charge is -2.09. The number of thioether (sulfide) groups is 1. The van der Waals surface area contributed by atoms with Crippen LogP contribution in [0, 0.1) is 25.2 Å². The zero-order valence-electron chi connectivity index (χ0n) is 12.1. The fourth-order valence-electron chi connectivity index (χ4n) is 2.23. The van der Waals surface area contributed by atoms with Gasteiger partial charge in [0.15, 0.2) is 0 Å². The van der Waals surface area contributed by atoms with Crippen molar-refractivity contribution in [2.45, 2.75) is 38.0 Å². The van der Waals surface area contributed by atoms with E-state index in [2.05, 4.69) is 42.2 Å². The van der Waals surface area contributed by atoms with E-state index in [4.69, 9.17) is 0 Å². The Morgan fingerprint density at radius 2 is 1.90 bits per heavy atom. The summed E-state index contributed by atoms with van der Waals surface area (Å²) in [6.07, 6.45) is 1.03. The van der Waals surface area contributed by atoms with E-state index in [1.807, 2.05) is 19.9 Å². The minimum atomic E-state index is 0.703. The average Bonchev–Trinajstić information content (AvgIpc) is 2.45. The highest BCUT2D eigenvalue weighted by Gasteiger charge is 2.10. The van der Waals surface area contributed by atoms with Gasteiger partial charge in [-0.1, -0.05) is 31.2 Å². The molecule has 0 aliphatic carbocycles. The standard InChI is InChI=1S/C17H18N2S/c1-4-14-7-5-6-8-15(14)11-20-17-16(10-18)12(2)9-13(3)19-17/h5-9H,4,11H2,1-3H3.